The fraction of sp³-hybridized carbons (Fsp3) is 0.130. The molecule has 0 aliphatic rings. The van der Waals surface area contributed by atoms with Crippen LogP contribution < -0.4 is 5.56 Å². The maximum Gasteiger partial charge on any atom is 0.275 e. The van der Waals surface area contributed by atoms with E-state index in [0.29, 0.717) is 10.8 Å². The van der Waals surface area contributed by atoms with Gasteiger partial charge < -0.3 is 4.74 Å². The van der Waals surface area contributed by atoms with Gasteiger partial charge in [0, 0.05) is 12.5 Å². The Morgan fingerprint density at radius 1 is 0.933 bits per heavy atom. The molecular formula is C23H20N2O4S. The molecule has 0 aliphatic carbocycles. The van der Waals surface area contributed by atoms with Gasteiger partial charge in [0.25, 0.3) is 5.56 Å². The van der Waals surface area contributed by atoms with Crippen molar-refractivity contribution in [3.8, 4) is 0 Å². The van der Waals surface area contributed by atoms with E-state index in [-0.39, 0.29) is 28.0 Å². The van der Waals surface area contributed by atoms with Crippen molar-refractivity contribution in [2.45, 2.75) is 15.8 Å². The van der Waals surface area contributed by atoms with E-state index in [1.165, 1.54) is 23.0 Å². The molecular weight excluding hydrogens is 400 g/mol. The zero-order valence-electron chi connectivity index (χ0n) is 16.3. The summed E-state index contributed by atoms with van der Waals surface area (Å²) < 4.78 is 32.5. The van der Waals surface area contributed by atoms with Crippen molar-refractivity contribution >= 4 is 20.6 Å². The minimum absolute atomic E-state index is 0.122. The summed E-state index contributed by atoms with van der Waals surface area (Å²) in [5.41, 5.74) is 0.596. The van der Waals surface area contributed by atoms with E-state index in [4.69, 9.17) is 4.74 Å². The van der Waals surface area contributed by atoms with Crippen LogP contribution in [0.1, 0.15) is 11.6 Å². The van der Waals surface area contributed by atoms with Crippen LogP contribution in [0.15, 0.2) is 99.6 Å². The van der Waals surface area contributed by atoms with E-state index in [1.807, 2.05) is 30.3 Å². The first kappa shape index (κ1) is 20.0. The number of aromatic nitrogens is 2. The molecule has 0 amide bonds. The van der Waals surface area contributed by atoms with E-state index < -0.39 is 9.84 Å². The summed E-state index contributed by atoms with van der Waals surface area (Å²) in [5, 5.41) is 5.19. The average Bonchev–Trinajstić information content (AvgIpc) is 2.79. The Labute approximate surface area is 174 Å². The number of hydrogen-bond acceptors (Lipinski definition) is 5. The van der Waals surface area contributed by atoms with E-state index in [9.17, 15) is 13.2 Å². The molecule has 1 unspecified atom stereocenters. The first-order valence-electron chi connectivity index (χ1n) is 9.38. The van der Waals surface area contributed by atoms with Gasteiger partial charge in [-0.1, -0.05) is 48.5 Å². The SMILES string of the molecule is COCC(c1ccccc1)n1ncc2cc(S(=O)(=O)c3ccccc3)ccc2c1=O. The Morgan fingerprint density at radius 3 is 2.27 bits per heavy atom. The zero-order valence-corrected chi connectivity index (χ0v) is 17.1. The van der Waals surface area contributed by atoms with Gasteiger partial charge in [0.15, 0.2) is 0 Å². The number of rotatable bonds is 6. The first-order valence-corrected chi connectivity index (χ1v) is 10.9. The molecule has 0 saturated heterocycles. The highest BCUT2D eigenvalue weighted by molar-refractivity contribution is 7.91. The van der Waals surface area contributed by atoms with Gasteiger partial charge in [-0.3, -0.25) is 4.79 Å². The quantitative estimate of drug-likeness (QED) is 0.477. The fourth-order valence-corrected chi connectivity index (χ4v) is 4.73. The summed E-state index contributed by atoms with van der Waals surface area (Å²) in [6, 6.07) is 21.8. The molecule has 0 aliphatic heterocycles. The summed E-state index contributed by atoms with van der Waals surface area (Å²) in [6.07, 6.45) is 1.52. The van der Waals surface area contributed by atoms with E-state index in [2.05, 4.69) is 5.10 Å². The molecule has 4 aromatic rings. The zero-order chi connectivity index (χ0) is 21.1. The standard InChI is InChI=1S/C23H20N2O4S/c1-29-16-22(17-8-4-2-5-9-17)25-23(26)21-13-12-20(14-18(21)15-24-25)30(27,28)19-10-6-3-7-11-19/h2-15,22H,16H2,1H3. The second kappa shape index (κ2) is 8.22. The van der Waals surface area contributed by atoms with Gasteiger partial charge in [-0.05, 0) is 35.9 Å². The van der Waals surface area contributed by atoms with Gasteiger partial charge in [0.05, 0.1) is 28.0 Å². The first-order chi connectivity index (χ1) is 14.5. The third-order valence-electron chi connectivity index (χ3n) is 4.95. The molecule has 7 heteroatoms. The lowest BCUT2D eigenvalue weighted by atomic mass is 10.1. The van der Waals surface area contributed by atoms with Gasteiger partial charge in [-0.25, -0.2) is 13.1 Å². The van der Waals surface area contributed by atoms with E-state index in [0.717, 1.165) is 5.56 Å². The molecule has 1 aromatic heterocycles. The summed E-state index contributed by atoms with van der Waals surface area (Å²) in [4.78, 5) is 13.5. The highest BCUT2D eigenvalue weighted by atomic mass is 32.2. The van der Waals surface area contributed by atoms with Crippen molar-refractivity contribution in [2.75, 3.05) is 13.7 Å². The lowest BCUT2D eigenvalue weighted by molar-refractivity contribution is 0.162. The molecule has 0 N–H and O–H groups in total. The Bertz CT molecular complexity index is 1330. The third kappa shape index (κ3) is 3.65. The van der Waals surface area contributed by atoms with E-state index in [1.54, 1.807) is 43.5 Å². The van der Waals surface area contributed by atoms with Gasteiger partial charge in [0.2, 0.25) is 9.84 Å². The molecule has 3 aromatic carbocycles. The molecule has 6 nitrogen and oxygen atoms in total. The Kier molecular flexibility index (Phi) is 5.48. The minimum atomic E-state index is -3.68. The van der Waals surface area contributed by atoms with Crippen LogP contribution in [0.3, 0.4) is 0 Å². The summed E-state index contributed by atoms with van der Waals surface area (Å²) in [6.45, 7) is 0.281. The van der Waals surface area contributed by atoms with Gasteiger partial charge in [-0.15, -0.1) is 0 Å². The number of methoxy groups -OCH3 is 1. The monoisotopic (exact) mass is 420 g/mol. The molecule has 0 spiro atoms. The maximum atomic E-state index is 13.1. The largest absolute Gasteiger partial charge is 0.382 e. The Morgan fingerprint density at radius 2 is 1.60 bits per heavy atom. The van der Waals surface area contributed by atoms with Gasteiger partial charge in [0.1, 0.15) is 6.04 Å². The minimum Gasteiger partial charge on any atom is -0.382 e. The van der Waals surface area contributed by atoms with Crippen LogP contribution in [0.2, 0.25) is 0 Å². The van der Waals surface area contributed by atoms with Crippen LogP contribution >= 0.6 is 0 Å². The maximum absolute atomic E-state index is 13.1. The fourth-order valence-electron chi connectivity index (χ4n) is 3.41. The number of sulfone groups is 1. The van der Waals surface area contributed by atoms with Crippen molar-refractivity contribution in [3.63, 3.8) is 0 Å². The smallest absolute Gasteiger partial charge is 0.275 e. The summed E-state index contributed by atoms with van der Waals surface area (Å²) >= 11 is 0. The number of benzene rings is 3. The number of nitrogens with zero attached hydrogens (tertiary/aromatic N) is 2. The normalized spacial score (nSPS) is 12.7. The third-order valence-corrected chi connectivity index (χ3v) is 6.72. The summed E-state index contributed by atoms with van der Waals surface area (Å²) in [5.74, 6) is 0. The van der Waals surface area contributed by atoms with Crippen LogP contribution in [0, 0.1) is 0 Å². The van der Waals surface area contributed by atoms with Crippen LogP contribution in [-0.4, -0.2) is 31.9 Å². The van der Waals surface area contributed by atoms with Crippen LogP contribution in [0.5, 0.6) is 0 Å². The second-order valence-corrected chi connectivity index (χ2v) is 8.79. The Balaban J connectivity index is 1.81. The molecule has 1 atom stereocenters. The predicted molar refractivity (Wildman–Crippen MR) is 114 cm³/mol. The summed E-state index contributed by atoms with van der Waals surface area (Å²) in [7, 11) is -2.11. The lowest BCUT2D eigenvalue weighted by Crippen LogP contribution is -2.30. The van der Waals surface area contributed by atoms with Crippen LogP contribution in [0.25, 0.3) is 10.8 Å². The molecule has 0 fully saturated rings. The molecule has 30 heavy (non-hydrogen) atoms. The molecule has 152 valence electrons. The number of hydrogen-bond donors (Lipinski definition) is 0. The van der Waals surface area contributed by atoms with E-state index >= 15 is 0 Å². The molecule has 1 heterocycles. The second-order valence-electron chi connectivity index (χ2n) is 6.84. The highest BCUT2D eigenvalue weighted by Gasteiger charge is 2.20. The van der Waals surface area contributed by atoms with Crippen molar-refractivity contribution in [1.82, 2.24) is 9.78 Å². The highest BCUT2D eigenvalue weighted by Crippen LogP contribution is 2.24. The Hall–Kier alpha value is -3.29. The molecule has 0 saturated carbocycles. The van der Waals surface area contributed by atoms with Crippen LogP contribution in [0.4, 0.5) is 0 Å². The van der Waals surface area contributed by atoms with Gasteiger partial charge >= 0.3 is 0 Å². The topological polar surface area (TPSA) is 78.3 Å². The van der Waals surface area contributed by atoms with Crippen molar-refractivity contribution in [1.29, 1.82) is 0 Å². The molecule has 0 radical (unpaired) electrons. The van der Waals surface area contributed by atoms with Gasteiger partial charge in [-0.2, -0.15) is 5.10 Å². The molecule has 4 rings (SSSR count). The number of ether oxygens (including phenoxy) is 1. The molecule has 0 bridgehead atoms. The van der Waals surface area contributed by atoms with Crippen molar-refractivity contribution in [2.24, 2.45) is 0 Å². The number of fused-ring (bicyclic) bond motifs is 1. The van der Waals surface area contributed by atoms with Crippen LogP contribution in [-0.2, 0) is 14.6 Å². The average molecular weight is 420 g/mol. The van der Waals surface area contributed by atoms with Crippen molar-refractivity contribution < 1.29 is 13.2 Å². The van der Waals surface area contributed by atoms with Crippen molar-refractivity contribution in [3.05, 3.63) is 101 Å². The predicted octanol–water partition coefficient (Wildman–Crippen LogP) is 3.47. The lowest BCUT2D eigenvalue weighted by Gasteiger charge is -2.18.